The van der Waals surface area contributed by atoms with Crippen LogP contribution >= 0.6 is 23.1 Å². The van der Waals surface area contributed by atoms with E-state index in [2.05, 4.69) is 10.6 Å². The maximum atomic E-state index is 11.7. The smallest absolute Gasteiger partial charge is 0.370 e. The number of thioether (sulfide) groups is 1. The molecule has 0 saturated carbocycles. The number of rotatable bonds is 13. The van der Waals surface area contributed by atoms with E-state index < -0.39 is 23.9 Å². The molecule has 0 radical (unpaired) electrons. The second kappa shape index (κ2) is 12.7. The maximum absolute atomic E-state index is 11.7. The van der Waals surface area contributed by atoms with Crippen molar-refractivity contribution in [2.24, 2.45) is 0 Å². The van der Waals surface area contributed by atoms with Gasteiger partial charge in [-0.25, -0.2) is 4.79 Å². The Morgan fingerprint density at radius 2 is 1.56 bits per heavy atom. The lowest BCUT2D eigenvalue weighted by atomic mass is 10.2. The highest BCUT2D eigenvalue weighted by Gasteiger charge is 2.29. The Bertz CT molecular complexity index is 1600. The summed E-state index contributed by atoms with van der Waals surface area (Å²) in [5.74, 6) is -4.06. The Morgan fingerprint density at radius 3 is 2.20 bits per heavy atom. The van der Waals surface area contributed by atoms with Gasteiger partial charge in [0.15, 0.2) is 0 Å². The summed E-state index contributed by atoms with van der Waals surface area (Å²) in [5.41, 5.74) is 3.35. The average Bonchev–Trinajstić information content (AvgIpc) is 3.43. The lowest BCUT2D eigenvalue weighted by Gasteiger charge is -2.20. The van der Waals surface area contributed by atoms with Gasteiger partial charge in [-0.2, -0.15) is 4.57 Å². The quantitative estimate of drug-likeness (QED) is 0.157. The highest BCUT2D eigenvalue weighted by molar-refractivity contribution is 8.03. The number of thiazole rings is 1. The van der Waals surface area contributed by atoms with Crippen molar-refractivity contribution in [1.29, 1.82) is 0 Å². The molecule has 4 rings (SSSR count). The molecule has 0 amide bonds. The minimum absolute atomic E-state index is 0.267. The SMILES string of the molecule is CC(CC=Cc1sc2ccc(NCC(=O)O)cc2[n+]1CC(=O)O)=C1Sc2ccc(NCC(=O)O)cc2N1CC(=O)O. The number of benzene rings is 2. The van der Waals surface area contributed by atoms with Crippen LogP contribution in [0.4, 0.5) is 17.1 Å². The fraction of sp³-hybridized carbons (Fsp3) is 0.222. The van der Waals surface area contributed by atoms with Gasteiger partial charge in [0.25, 0.3) is 5.01 Å². The number of nitrogens with zero attached hydrogens (tertiary/aromatic N) is 2. The number of carboxylic acid groups (broad SMARTS) is 4. The molecular weight excluding hydrogens is 572 g/mol. The zero-order chi connectivity index (χ0) is 29.7. The summed E-state index contributed by atoms with van der Waals surface area (Å²) < 4.78 is 2.49. The molecule has 0 atom stereocenters. The van der Waals surface area contributed by atoms with Crippen LogP contribution in [0.1, 0.15) is 18.4 Å². The van der Waals surface area contributed by atoms with Crippen molar-refractivity contribution in [3.63, 3.8) is 0 Å². The second-order valence-corrected chi connectivity index (χ2v) is 11.1. The molecule has 0 unspecified atom stereocenters. The summed E-state index contributed by atoms with van der Waals surface area (Å²) in [6.07, 6.45) is 4.17. The third-order valence-electron chi connectivity index (χ3n) is 5.96. The number of carboxylic acids is 4. The van der Waals surface area contributed by atoms with Crippen LogP contribution in [0.3, 0.4) is 0 Å². The number of allylic oxidation sites excluding steroid dienone is 2. The van der Waals surface area contributed by atoms with Gasteiger partial charge in [0.05, 0.1) is 10.7 Å². The molecule has 0 spiro atoms. The fourth-order valence-electron chi connectivity index (χ4n) is 4.22. The Kier molecular flexibility index (Phi) is 9.14. The maximum Gasteiger partial charge on any atom is 0.370 e. The molecule has 2 aromatic carbocycles. The highest BCUT2D eigenvalue weighted by Crippen LogP contribution is 2.48. The summed E-state index contributed by atoms with van der Waals surface area (Å²) in [5, 5.41) is 44.0. The van der Waals surface area contributed by atoms with Crippen LogP contribution in [0.2, 0.25) is 0 Å². The number of carbonyl (C=O) groups is 4. The van der Waals surface area contributed by atoms with Crippen molar-refractivity contribution in [2.75, 3.05) is 35.2 Å². The number of hydrogen-bond acceptors (Lipinski definition) is 9. The minimum Gasteiger partial charge on any atom is -0.480 e. The van der Waals surface area contributed by atoms with E-state index >= 15 is 0 Å². The van der Waals surface area contributed by atoms with Crippen LogP contribution in [0, 0.1) is 0 Å². The van der Waals surface area contributed by atoms with Crippen molar-refractivity contribution < 1.29 is 44.2 Å². The average molecular weight is 600 g/mol. The zero-order valence-electron chi connectivity index (χ0n) is 21.8. The number of hydrogen-bond donors (Lipinski definition) is 6. The molecule has 1 aliphatic rings. The Labute approximate surface area is 242 Å². The molecule has 1 aromatic heterocycles. The first-order valence-electron chi connectivity index (χ1n) is 12.3. The fourth-order valence-corrected chi connectivity index (χ4v) is 6.44. The predicted molar refractivity (Wildman–Crippen MR) is 156 cm³/mol. The molecule has 214 valence electrons. The number of anilines is 3. The van der Waals surface area contributed by atoms with Crippen LogP contribution in [-0.2, 0) is 25.7 Å². The Morgan fingerprint density at radius 1 is 0.902 bits per heavy atom. The molecule has 2 heterocycles. The van der Waals surface area contributed by atoms with Gasteiger partial charge in [-0.05, 0) is 49.2 Å². The number of aromatic nitrogens is 1. The monoisotopic (exact) mass is 599 g/mol. The zero-order valence-corrected chi connectivity index (χ0v) is 23.4. The molecule has 3 aromatic rings. The van der Waals surface area contributed by atoms with E-state index in [0.717, 1.165) is 20.2 Å². The highest BCUT2D eigenvalue weighted by atomic mass is 32.2. The van der Waals surface area contributed by atoms with Crippen molar-refractivity contribution in [3.8, 4) is 0 Å². The van der Waals surface area contributed by atoms with Crippen molar-refractivity contribution in [3.05, 3.63) is 58.1 Å². The largest absolute Gasteiger partial charge is 0.480 e. The lowest BCUT2D eigenvalue weighted by molar-refractivity contribution is -0.657. The van der Waals surface area contributed by atoms with Gasteiger partial charge in [0.1, 0.15) is 24.3 Å². The topological polar surface area (TPSA) is 180 Å². The first-order valence-corrected chi connectivity index (χ1v) is 13.9. The van der Waals surface area contributed by atoms with Gasteiger partial charge in [0, 0.05) is 28.4 Å². The van der Waals surface area contributed by atoms with Gasteiger partial charge >= 0.3 is 23.9 Å². The van der Waals surface area contributed by atoms with Crippen LogP contribution < -0.4 is 20.1 Å². The Balaban J connectivity index is 1.60. The first kappa shape index (κ1) is 29.4. The summed E-state index contributed by atoms with van der Waals surface area (Å²) in [4.78, 5) is 47.7. The van der Waals surface area contributed by atoms with Crippen molar-refractivity contribution in [1.82, 2.24) is 0 Å². The normalized spacial score (nSPS) is 13.8. The van der Waals surface area contributed by atoms with E-state index in [9.17, 15) is 29.4 Å². The van der Waals surface area contributed by atoms with Gasteiger partial charge < -0.3 is 36.0 Å². The molecule has 0 bridgehead atoms. The van der Waals surface area contributed by atoms with E-state index in [4.69, 9.17) is 10.2 Å². The number of nitrogens with one attached hydrogen (secondary N) is 2. The molecule has 12 nitrogen and oxygen atoms in total. The van der Waals surface area contributed by atoms with Gasteiger partial charge in [-0.15, -0.1) is 0 Å². The van der Waals surface area contributed by atoms with Gasteiger partial charge in [0.2, 0.25) is 12.1 Å². The van der Waals surface area contributed by atoms with Gasteiger partial charge in [-0.3, -0.25) is 14.4 Å². The van der Waals surface area contributed by atoms with E-state index in [1.165, 1.54) is 23.1 Å². The van der Waals surface area contributed by atoms with E-state index in [1.54, 1.807) is 33.7 Å². The van der Waals surface area contributed by atoms with Gasteiger partial charge in [-0.1, -0.05) is 29.2 Å². The summed E-state index contributed by atoms with van der Waals surface area (Å²) >= 11 is 2.83. The van der Waals surface area contributed by atoms with Crippen molar-refractivity contribution in [2.45, 2.75) is 24.8 Å². The molecular formula is C27H27N4O8S2+. The number of aliphatic carboxylic acids is 4. The van der Waals surface area contributed by atoms with Crippen LogP contribution in [-0.4, -0.2) is 63.9 Å². The van der Waals surface area contributed by atoms with E-state index in [-0.39, 0.29) is 26.2 Å². The third-order valence-corrected chi connectivity index (χ3v) is 8.41. The van der Waals surface area contributed by atoms with E-state index in [0.29, 0.717) is 34.0 Å². The molecule has 0 aliphatic carbocycles. The Hall–Kier alpha value is -4.56. The second-order valence-electron chi connectivity index (χ2n) is 9.05. The molecule has 6 N–H and O–H groups in total. The molecule has 0 fully saturated rings. The van der Waals surface area contributed by atoms with Crippen LogP contribution in [0.15, 0.2) is 58.0 Å². The summed E-state index contributed by atoms with van der Waals surface area (Å²) in [7, 11) is 0. The molecule has 0 saturated heterocycles. The minimum atomic E-state index is -1.02. The first-order chi connectivity index (χ1) is 19.5. The standard InChI is InChI=1S/C27H26N4O8S2/c1-15(27-31(14-26(38)39)19-10-17(29-12-24(34)35)6-8-21(19)41-27)3-2-4-22-30(13-25(36)37)18-9-16(28-11-23(32)33)5-7-20(18)40-22/h2,4-10,28-29H,3,11-14H2,1H3,(H3-,32,33,34,35,36,37,38,39)/p+1. The third kappa shape index (κ3) is 7.35. The van der Waals surface area contributed by atoms with Crippen LogP contribution in [0.5, 0.6) is 0 Å². The number of fused-ring (bicyclic) bond motifs is 2. The molecule has 1 aliphatic heterocycles. The molecule has 14 heteroatoms. The van der Waals surface area contributed by atoms with E-state index in [1.807, 2.05) is 31.2 Å². The molecule has 41 heavy (non-hydrogen) atoms. The van der Waals surface area contributed by atoms with Crippen molar-refractivity contribution >= 4 is 80.3 Å². The van der Waals surface area contributed by atoms with Crippen LogP contribution in [0.25, 0.3) is 16.3 Å². The lowest BCUT2D eigenvalue weighted by Crippen LogP contribution is -2.39. The summed E-state index contributed by atoms with van der Waals surface area (Å²) in [6.45, 7) is 0.810. The summed E-state index contributed by atoms with van der Waals surface area (Å²) in [6, 6.07) is 10.6. The predicted octanol–water partition coefficient (Wildman–Crippen LogP) is 3.60.